The van der Waals surface area contributed by atoms with Crippen LogP contribution in [0.2, 0.25) is 0 Å². The van der Waals surface area contributed by atoms with Crippen molar-refractivity contribution >= 4 is 25.5 Å². The minimum absolute atomic E-state index is 0.0384. The number of ketones is 1. The first-order chi connectivity index (χ1) is 4.99. The van der Waals surface area contributed by atoms with Crippen molar-refractivity contribution in [3.05, 3.63) is 0 Å². The molecule has 0 spiro atoms. The molecule has 0 unspecified atom stereocenters. The molecule has 1 fully saturated rings. The van der Waals surface area contributed by atoms with E-state index in [1.165, 1.54) is 0 Å². The van der Waals surface area contributed by atoms with Crippen molar-refractivity contribution < 1.29 is 13.2 Å². The van der Waals surface area contributed by atoms with E-state index in [4.69, 9.17) is 10.7 Å². The van der Waals surface area contributed by atoms with Gasteiger partial charge in [-0.3, -0.25) is 4.79 Å². The van der Waals surface area contributed by atoms with Crippen LogP contribution in [-0.2, 0) is 13.8 Å². The molecule has 0 bridgehead atoms. The summed E-state index contributed by atoms with van der Waals surface area (Å²) in [5.74, 6) is -0.769. The predicted octanol–water partition coefficient (Wildman–Crippen LogP) is 0.924. The van der Waals surface area contributed by atoms with Crippen molar-refractivity contribution in [3.63, 3.8) is 0 Å². The molecule has 0 atom stereocenters. The molecule has 64 valence electrons. The molecule has 5 heteroatoms. The van der Waals surface area contributed by atoms with E-state index in [-0.39, 0.29) is 11.7 Å². The zero-order chi connectivity index (χ0) is 8.48. The van der Waals surface area contributed by atoms with Crippen LogP contribution in [0.25, 0.3) is 0 Å². The molecule has 0 N–H and O–H groups in total. The Labute approximate surface area is 70.2 Å². The quantitative estimate of drug-likeness (QED) is 0.631. The van der Waals surface area contributed by atoms with Crippen molar-refractivity contribution in [2.45, 2.75) is 19.3 Å². The second-order valence-electron chi connectivity index (χ2n) is 2.78. The highest BCUT2D eigenvalue weighted by atomic mass is 35.7. The lowest BCUT2D eigenvalue weighted by atomic mass is 9.83. The summed E-state index contributed by atoms with van der Waals surface area (Å²) in [4.78, 5) is 11.0. The molecule has 0 heterocycles. The van der Waals surface area contributed by atoms with Crippen LogP contribution in [0.5, 0.6) is 0 Å². The van der Waals surface area contributed by atoms with Gasteiger partial charge in [0.15, 0.2) is 5.78 Å². The fourth-order valence-corrected chi connectivity index (χ4v) is 1.92. The first-order valence-corrected chi connectivity index (χ1v) is 5.92. The molecule has 1 saturated carbocycles. The smallest absolute Gasteiger partial charge is 0.239 e. The fourth-order valence-electron chi connectivity index (χ4n) is 1.02. The van der Waals surface area contributed by atoms with Crippen molar-refractivity contribution in [2.75, 3.05) is 5.75 Å². The van der Waals surface area contributed by atoms with E-state index in [2.05, 4.69) is 0 Å². The molecule has 0 saturated heterocycles. The summed E-state index contributed by atoms with van der Waals surface area (Å²) < 4.78 is 20.9. The Hall–Kier alpha value is -0.0900. The number of hydrogen-bond acceptors (Lipinski definition) is 3. The van der Waals surface area contributed by atoms with Gasteiger partial charge in [0.25, 0.3) is 0 Å². The lowest BCUT2D eigenvalue weighted by Crippen LogP contribution is -2.26. The predicted molar refractivity (Wildman–Crippen MR) is 42.0 cm³/mol. The molecule has 0 radical (unpaired) electrons. The Bertz CT molecular complexity index is 253. The highest BCUT2D eigenvalue weighted by molar-refractivity contribution is 8.14. The maximum absolute atomic E-state index is 11.0. The molecule has 1 rings (SSSR count). The van der Waals surface area contributed by atoms with Crippen LogP contribution in [0, 0.1) is 5.92 Å². The van der Waals surface area contributed by atoms with Gasteiger partial charge >= 0.3 is 0 Å². The second kappa shape index (κ2) is 3.11. The monoisotopic (exact) mass is 196 g/mol. The Morgan fingerprint density at radius 2 is 2.00 bits per heavy atom. The van der Waals surface area contributed by atoms with Crippen molar-refractivity contribution in [3.8, 4) is 0 Å². The minimum atomic E-state index is -3.62. The molecular formula is C6H9ClO3S. The van der Waals surface area contributed by atoms with Gasteiger partial charge in [0, 0.05) is 16.6 Å². The molecule has 3 nitrogen and oxygen atoms in total. The molecule has 0 aromatic heterocycles. The Morgan fingerprint density at radius 1 is 1.45 bits per heavy atom. The second-order valence-corrected chi connectivity index (χ2v) is 5.55. The Kier molecular flexibility index (Phi) is 2.54. The van der Waals surface area contributed by atoms with Gasteiger partial charge in [-0.2, -0.15) is 0 Å². The van der Waals surface area contributed by atoms with Crippen molar-refractivity contribution in [2.24, 2.45) is 5.92 Å². The molecule has 0 aromatic rings. The summed E-state index contributed by atoms with van der Waals surface area (Å²) in [5.41, 5.74) is 0. The molecule has 11 heavy (non-hydrogen) atoms. The average Bonchev–Trinajstić information content (AvgIpc) is 1.50. The normalized spacial score (nSPS) is 19.4. The first kappa shape index (κ1) is 9.00. The molecule has 1 aliphatic rings. The van der Waals surface area contributed by atoms with Crippen LogP contribution < -0.4 is 0 Å². The van der Waals surface area contributed by atoms with E-state index in [1.807, 2.05) is 0 Å². The standard InChI is InChI=1S/C6H9ClO3S/c7-11(9,10)4-6(8)5-2-1-3-5/h5H,1-4H2. The van der Waals surface area contributed by atoms with Gasteiger partial charge in [-0.1, -0.05) is 6.42 Å². The third kappa shape index (κ3) is 2.79. The zero-order valence-electron chi connectivity index (χ0n) is 5.92. The van der Waals surface area contributed by atoms with Crippen LogP contribution in [-0.4, -0.2) is 20.0 Å². The van der Waals surface area contributed by atoms with E-state index < -0.39 is 14.8 Å². The van der Waals surface area contributed by atoms with Crippen molar-refractivity contribution in [1.29, 1.82) is 0 Å². The lowest BCUT2D eigenvalue weighted by Gasteiger charge is -2.22. The number of carbonyl (C=O) groups is 1. The van der Waals surface area contributed by atoms with Gasteiger partial charge in [-0.15, -0.1) is 0 Å². The third-order valence-electron chi connectivity index (χ3n) is 1.88. The number of hydrogen-bond donors (Lipinski definition) is 0. The van der Waals surface area contributed by atoms with Gasteiger partial charge in [0.05, 0.1) is 0 Å². The van der Waals surface area contributed by atoms with Gasteiger partial charge in [-0.05, 0) is 12.8 Å². The molecule has 0 amide bonds. The van der Waals surface area contributed by atoms with Gasteiger partial charge < -0.3 is 0 Å². The molecule has 0 aromatic carbocycles. The largest absolute Gasteiger partial charge is 0.298 e. The maximum atomic E-state index is 11.0. The summed E-state index contributed by atoms with van der Waals surface area (Å²) in [6.07, 6.45) is 2.68. The number of Topliss-reactive ketones (excluding diaryl/α,β-unsaturated/α-hetero) is 1. The van der Waals surface area contributed by atoms with Gasteiger partial charge in [0.1, 0.15) is 5.75 Å². The third-order valence-corrected chi connectivity index (χ3v) is 2.83. The van der Waals surface area contributed by atoms with Gasteiger partial charge in [-0.25, -0.2) is 8.42 Å². The van der Waals surface area contributed by atoms with Crippen molar-refractivity contribution in [1.82, 2.24) is 0 Å². The van der Waals surface area contributed by atoms with E-state index >= 15 is 0 Å². The average molecular weight is 197 g/mol. The number of carbonyl (C=O) groups excluding carboxylic acids is 1. The maximum Gasteiger partial charge on any atom is 0.239 e. The minimum Gasteiger partial charge on any atom is -0.298 e. The summed E-state index contributed by atoms with van der Waals surface area (Å²) in [7, 11) is 1.28. The highest BCUT2D eigenvalue weighted by Gasteiger charge is 2.27. The number of rotatable bonds is 3. The van der Waals surface area contributed by atoms with Crippen LogP contribution >= 0.6 is 10.7 Å². The Morgan fingerprint density at radius 3 is 2.27 bits per heavy atom. The zero-order valence-corrected chi connectivity index (χ0v) is 7.49. The van der Waals surface area contributed by atoms with Crippen LogP contribution in [0.4, 0.5) is 0 Å². The van der Waals surface area contributed by atoms with E-state index in [1.54, 1.807) is 0 Å². The van der Waals surface area contributed by atoms with Gasteiger partial charge in [0.2, 0.25) is 9.05 Å². The topological polar surface area (TPSA) is 51.2 Å². The van der Waals surface area contributed by atoms with Crippen LogP contribution in [0.1, 0.15) is 19.3 Å². The summed E-state index contributed by atoms with van der Waals surface area (Å²) in [6.45, 7) is 0. The summed E-state index contributed by atoms with van der Waals surface area (Å²) in [5, 5.41) is 0. The summed E-state index contributed by atoms with van der Waals surface area (Å²) >= 11 is 0. The molecular weight excluding hydrogens is 188 g/mol. The number of halogens is 1. The highest BCUT2D eigenvalue weighted by Crippen LogP contribution is 2.27. The van der Waals surface area contributed by atoms with Crippen LogP contribution in [0.15, 0.2) is 0 Å². The van der Waals surface area contributed by atoms with E-state index in [0.29, 0.717) is 0 Å². The van der Waals surface area contributed by atoms with Crippen LogP contribution in [0.3, 0.4) is 0 Å². The SMILES string of the molecule is O=C(CS(=O)(=O)Cl)C1CCC1. The Balaban J connectivity index is 2.43. The molecule has 0 aliphatic heterocycles. The first-order valence-electron chi connectivity index (χ1n) is 3.44. The molecule has 1 aliphatic carbocycles. The van der Waals surface area contributed by atoms with E-state index in [9.17, 15) is 13.2 Å². The summed E-state index contributed by atoms with van der Waals surface area (Å²) in [6, 6.07) is 0. The lowest BCUT2D eigenvalue weighted by molar-refractivity contribution is -0.122. The van der Waals surface area contributed by atoms with E-state index in [0.717, 1.165) is 19.3 Å². The fraction of sp³-hybridized carbons (Fsp3) is 0.833.